The van der Waals surface area contributed by atoms with Crippen molar-refractivity contribution >= 4 is 33.6 Å². The van der Waals surface area contributed by atoms with Crippen LogP contribution in [0.2, 0.25) is 0 Å². The van der Waals surface area contributed by atoms with Crippen molar-refractivity contribution < 1.29 is 12.8 Å². The number of hydrogen-bond donors (Lipinski definition) is 2. The fraction of sp³-hybridized carbons (Fsp3) is 0.571. The molecule has 134 valence electrons. The zero-order valence-electron chi connectivity index (χ0n) is 14.1. The first-order chi connectivity index (χ1) is 11.4. The molecule has 1 aliphatic heterocycles. The van der Waals surface area contributed by atoms with Crippen LogP contribution in [-0.4, -0.2) is 65.0 Å². The molecule has 0 radical (unpaired) electrons. The molecule has 0 aliphatic carbocycles. The van der Waals surface area contributed by atoms with Crippen LogP contribution < -0.4 is 9.44 Å². The van der Waals surface area contributed by atoms with E-state index in [0.29, 0.717) is 6.54 Å². The van der Waals surface area contributed by atoms with Crippen LogP contribution in [0.5, 0.6) is 0 Å². The highest BCUT2D eigenvalue weighted by molar-refractivity contribution is 7.98. The van der Waals surface area contributed by atoms with Crippen LogP contribution in [0.4, 0.5) is 0 Å². The maximum atomic E-state index is 11.4. The Kier molecular flexibility index (Phi) is 6.69. The zero-order valence-corrected chi connectivity index (χ0v) is 15.7. The van der Waals surface area contributed by atoms with Gasteiger partial charge in [-0.05, 0) is 26.2 Å². The molecule has 0 amide bonds. The first-order valence-electron chi connectivity index (χ1n) is 7.52. The molecule has 1 aromatic rings. The highest BCUT2D eigenvalue weighted by Gasteiger charge is 2.27. The molecular weight excluding hydrogens is 350 g/mol. The van der Waals surface area contributed by atoms with Gasteiger partial charge in [0.15, 0.2) is 11.7 Å². The Morgan fingerprint density at radius 1 is 1.21 bits per heavy atom. The van der Waals surface area contributed by atoms with Crippen LogP contribution in [0.25, 0.3) is 0 Å². The van der Waals surface area contributed by atoms with Crippen LogP contribution in [0, 0.1) is 0 Å². The van der Waals surface area contributed by atoms with Crippen molar-refractivity contribution in [2.24, 2.45) is 9.98 Å². The smallest absolute Gasteiger partial charge is 0.324 e. The van der Waals surface area contributed by atoms with E-state index in [9.17, 15) is 8.42 Å². The number of hydrogen-bond acceptors (Lipinski definition) is 7. The summed E-state index contributed by atoms with van der Waals surface area (Å²) in [5.74, 6) is 3.98. The molecule has 1 fully saturated rings. The van der Waals surface area contributed by atoms with Gasteiger partial charge in [-0.15, -0.1) is 0 Å². The minimum atomic E-state index is -3.54. The van der Waals surface area contributed by atoms with Crippen molar-refractivity contribution in [1.29, 1.82) is 0 Å². The predicted molar refractivity (Wildman–Crippen MR) is 98.0 cm³/mol. The minimum Gasteiger partial charge on any atom is -0.465 e. The number of amidine groups is 2. The number of furan rings is 1. The van der Waals surface area contributed by atoms with E-state index in [0.717, 1.165) is 36.0 Å². The Balaban J connectivity index is 1.73. The van der Waals surface area contributed by atoms with Crippen molar-refractivity contribution in [3.05, 3.63) is 23.7 Å². The van der Waals surface area contributed by atoms with Gasteiger partial charge >= 0.3 is 10.2 Å². The van der Waals surface area contributed by atoms with E-state index in [1.807, 2.05) is 26.2 Å². The minimum absolute atomic E-state index is 0.247. The molecule has 10 heteroatoms. The van der Waals surface area contributed by atoms with Gasteiger partial charge in [-0.25, -0.2) is 9.44 Å². The molecule has 1 aliphatic rings. The molecule has 2 heterocycles. The molecule has 0 spiro atoms. The van der Waals surface area contributed by atoms with E-state index in [1.54, 1.807) is 11.8 Å². The lowest BCUT2D eigenvalue weighted by Crippen LogP contribution is -2.24. The van der Waals surface area contributed by atoms with E-state index >= 15 is 0 Å². The van der Waals surface area contributed by atoms with Crippen molar-refractivity contribution in [1.82, 2.24) is 14.3 Å². The van der Waals surface area contributed by atoms with Gasteiger partial charge in [0.25, 0.3) is 0 Å². The molecule has 0 bridgehead atoms. The summed E-state index contributed by atoms with van der Waals surface area (Å²) < 4.78 is 33.1. The van der Waals surface area contributed by atoms with Crippen molar-refractivity contribution in [3.8, 4) is 0 Å². The lowest BCUT2D eigenvalue weighted by atomic mass is 10.3. The van der Waals surface area contributed by atoms with Gasteiger partial charge in [-0.1, -0.05) is 0 Å². The molecule has 0 unspecified atom stereocenters. The van der Waals surface area contributed by atoms with E-state index in [2.05, 4.69) is 24.3 Å². The maximum Gasteiger partial charge on any atom is 0.324 e. The number of rotatable bonds is 8. The summed E-state index contributed by atoms with van der Waals surface area (Å²) in [6, 6.07) is 4.02. The second-order valence-corrected chi connectivity index (χ2v) is 8.00. The van der Waals surface area contributed by atoms with Crippen molar-refractivity contribution in [2.75, 3.05) is 40.0 Å². The van der Waals surface area contributed by atoms with Gasteiger partial charge in [-0.3, -0.25) is 9.98 Å². The van der Waals surface area contributed by atoms with E-state index in [-0.39, 0.29) is 11.7 Å². The van der Waals surface area contributed by atoms with Gasteiger partial charge in [0.1, 0.15) is 11.5 Å². The Hall–Kier alpha value is -1.52. The van der Waals surface area contributed by atoms with Gasteiger partial charge in [0.05, 0.1) is 12.3 Å². The van der Waals surface area contributed by atoms with Crippen LogP contribution in [0.3, 0.4) is 0 Å². The molecule has 8 nitrogen and oxygen atoms in total. The number of likely N-dealkylation sites (N-methyl/N-ethyl adjacent to an activating group) is 1. The Morgan fingerprint density at radius 2 is 1.92 bits per heavy atom. The lowest BCUT2D eigenvalue weighted by Gasteiger charge is -2.06. The summed E-state index contributed by atoms with van der Waals surface area (Å²) in [5, 5.41) is 0. The van der Waals surface area contributed by atoms with Gasteiger partial charge in [0, 0.05) is 25.8 Å². The third kappa shape index (κ3) is 5.84. The summed E-state index contributed by atoms with van der Waals surface area (Å²) in [6.07, 6.45) is 0.900. The van der Waals surface area contributed by atoms with E-state index < -0.39 is 10.2 Å². The second kappa shape index (κ2) is 8.54. The fourth-order valence-corrected chi connectivity index (χ4v) is 3.63. The summed E-state index contributed by atoms with van der Waals surface area (Å²) in [5.41, 5.74) is 0. The monoisotopic (exact) mass is 373 g/mol. The third-order valence-corrected chi connectivity index (χ3v) is 5.07. The lowest BCUT2D eigenvalue weighted by molar-refractivity contribution is 0.385. The average molecular weight is 374 g/mol. The molecule has 1 aromatic heterocycles. The number of nitrogens with zero attached hydrogens (tertiary/aromatic N) is 3. The van der Waals surface area contributed by atoms with E-state index in [4.69, 9.17) is 4.42 Å². The summed E-state index contributed by atoms with van der Waals surface area (Å²) in [6.45, 7) is 1.46. The zero-order chi connectivity index (χ0) is 17.6. The molecule has 2 N–H and O–H groups in total. The molecule has 0 saturated carbocycles. The number of thioether (sulfide) groups is 1. The molecular formula is C14H23N5O3S2. The second-order valence-electron chi connectivity index (χ2n) is 5.48. The predicted octanol–water partition coefficient (Wildman–Crippen LogP) is 0.481. The number of aliphatic imine (C=N–C) groups is 2. The van der Waals surface area contributed by atoms with Crippen molar-refractivity contribution in [3.63, 3.8) is 0 Å². The highest BCUT2D eigenvalue weighted by Crippen LogP contribution is 2.16. The van der Waals surface area contributed by atoms with Gasteiger partial charge in [-0.2, -0.15) is 20.2 Å². The Morgan fingerprint density at radius 3 is 2.62 bits per heavy atom. The first kappa shape index (κ1) is 18.8. The topological polar surface area (TPSA) is 99.3 Å². The van der Waals surface area contributed by atoms with Gasteiger partial charge in [0.2, 0.25) is 0 Å². The Labute approximate surface area is 147 Å². The molecule has 24 heavy (non-hydrogen) atoms. The molecule has 1 saturated heterocycles. The molecule has 0 aromatic carbocycles. The number of nitrogens with one attached hydrogen (secondary N) is 2. The van der Waals surface area contributed by atoms with Crippen LogP contribution in [-0.2, 0) is 22.4 Å². The third-order valence-electron chi connectivity index (χ3n) is 3.18. The van der Waals surface area contributed by atoms with Crippen molar-refractivity contribution in [2.45, 2.75) is 12.2 Å². The maximum absolute atomic E-state index is 11.4. The summed E-state index contributed by atoms with van der Waals surface area (Å²) in [4.78, 5) is 10.2. The van der Waals surface area contributed by atoms with Crippen LogP contribution >= 0.6 is 11.8 Å². The molecule has 0 atom stereocenters. The summed E-state index contributed by atoms with van der Waals surface area (Å²) in [7, 11) is 2.05. The SMILES string of the molecule is CN=C1NS(=O)(=O)NC1=NCCSCc1ccc(CCN(C)C)o1. The largest absolute Gasteiger partial charge is 0.465 e. The normalized spacial score (nSPS) is 19.8. The standard InChI is InChI=1S/C14H23N5O3S2/c1-15-13-14(18-24(20,21)17-13)16-7-9-23-10-12-5-4-11(22-12)6-8-19(2)3/h4-5H,6-10H2,1-3H3,(H,15,17)(H,16,18). The average Bonchev–Trinajstić information content (AvgIpc) is 3.08. The molecule has 2 rings (SSSR count). The first-order valence-corrected chi connectivity index (χ1v) is 10.2. The fourth-order valence-electron chi connectivity index (χ4n) is 2.00. The van der Waals surface area contributed by atoms with Crippen LogP contribution in [0.15, 0.2) is 26.5 Å². The summed E-state index contributed by atoms with van der Waals surface area (Å²) >= 11 is 1.69. The Bertz CT molecular complexity index is 710. The quantitative estimate of drug-likeness (QED) is 0.646. The van der Waals surface area contributed by atoms with Crippen LogP contribution in [0.1, 0.15) is 11.5 Å². The highest BCUT2D eigenvalue weighted by atomic mass is 32.2. The van der Waals surface area contributed by atoms with E-state index in [1.165, 1.54) is 7.05 Å². The van der Waals surface area contributed by atoms with Gasteiger partial charge < -0.3 is 9.32 Å².